The second kappa shape index (κ2) is 2.63. The highest BCUT2D eigenvalue weighted by Gasteiger charge is 2.04. The van der Waals surface area contributed by atoms with Crippen LogP contribution in [0.5, 0.6) is 0 Å². The van der Waals surface area contributed by atoms with E-state index in [1.54, 1.807) is 0 Å². The average Bonchev–Trinajstić information content (AvgIpc) is 2.46. The molecule has 2 N–H and O–H groups in total. The molecule has 2 rings (SSSR count). The van der Waals surface area contributed by atoms with Gasteiger partial charge in [0.2, 0.25) is 0 Å². The first-order valence-corrected chi connectivity index (χ1v) is 4.26. The molecule has 0 aromatic carbocycles. The van der Waals surface area contributed by atoms with Crippen molar-refractivity contribution in [3.8, 4) is 0 Å². The van der Waals surface area contributed by atoms with Gasteiger partial charge in [-0.3, -0.25) is 0 Å². The van der Waals surface area contributed by atoms with Crippen molar-refractivity contribution in [2.75, 3.05) is 0 Å². The van der Waals surface area contributed by atoms with E-state index in [4.69, 9.17) is 0 Å². The SMILES string of the molecule is CC(C)c1cc2cc[nH+]cc2[nH]1. The van der Waals surface area contributed by atoms with E-state index in [1.165, 1.54) is 16.6 Å². The minimum absolute atomic E-state index is 0.567. The lowest BCUT2D eigenvalue weighted by atomic mass is 10.1. The summed E-state index contributed by atoms with van der Waals surface area (Å²) in [5.41, 5.74) is 2.48. The van der Waals surface area contributed by atoms with E-state index >= 15 is 0 Å². The van der Waals surface area contributed by atoms with Gasteiger partial charge in [-0.15, -0.1) is 0 Å². The molecule has 0 fully saturated rings. The average molecular weight is 161 g/mol. The van der Waals surface area contributed by atoms with Crippen molar-refractivity contribution in [3.63, 3.8) is 0 Å². The largest absolute Gasteiger partial charge is 0.353 e. The molecule has 0 aliphatic carbocycles. The highest BCUT2D eigenvalue weighted by Crippen LogP contribution is 2.18. The summed E-state index contributed by atoms with van der Waals surface area (Å²) in [5.74, 6) is 0.567. The molecule has 0 bridgehead atoms. The van der Waals surface area contributed by atoms with Crippen LogP contribution in [0, 0.1) is 0 Å². The predicted molar refractivity (Wildman–Crippen MR) is 48.9 cm³/mol. The summed E-state index contributed by atoms with van der Waals surface area (Å²) in [6, 6.07) is 4.28. The first-order valence-electron chi connectivity index (χ1n) is 4.26. The van der Waals surface area contributed by atoms with Crippen LogP contribution in [0.3, 0.4) is 0 Å². The van der Waals surface area contributed by atoms with Crippen molar-refractivity contribution in [3.05, 3.63) is 30.2 Å². The van der Waals surface area contributed by atoms with Gasteiger partial charge in [-0.25, -0.2) is 4.98 Å². The van der Waals surface area contributed by atoms with Crippen LogP contribution in [0.15, 0.2) is 24.5 Å². The fourth-order valence-electron chi connectivity index (χ4n) is 1.35. The summed E-state index contributed by atoms with van der Waals surface area (Å²) in [4.78, 5) is 6.42. The van der Waals surface area contributed by atoms with Crippen LogP contribution < -0.4 is 4.98 Å². The summed E-state index contributed by atoms with van der Waals surface area (Å²) in [7, 11) is 0. The third-order valence-electron chi connectivity index (χ3n) is 2.11. The Bertz CT molecular complexity index is 354. The Balaban J connectivity index is 2.62. The van der Waals surface area contributed by atoms with Crippen molar-refractivity contribution in [1.29, 1.82) is 0 Å². The molecule has 0 unspecified atom stereocenters. The number of hydrogen-bond donors (Lipinski definition) is 1. The van der Waals surface area contributed by atoms with E-state index < -0.39 is 0 Å². The highest BCUT2D eigenvalue weighted by molar-refractivity contribution is 5.78. The van der Waals surface area contributed by atoms with Crippen molar-refractivity contribution in [2.24, 2.45) is 0 Å². The minimum atomic E-state index is 0.567. The van der Waals surface area contributed by atoms with Gasteiger partial charge in [0.15, 0.2) is 12.4 Å². The zero-order chi connectivity index (χ0) is 8.55. The Morgan fingerprint density at radius 3 is 2.92 bits per heavy atom. The molecule has 12 heavy (non-hydrogen) atoms. The number of hydrogen-bond acceptors (Lipinski definition) is 0. The van der Waals surface area contributed by atoms with Gasteiger partial charge in [0.05, 0.1) is 0 Å². The molecule has 0 spiro atoms. The maximum Gasteiger partial charge on any atom is 0.191 e. The van der Waals surface area contributed by atoms with Crippen LogP contribution in [0.2, 0.25) is 0 Å². The van der Waals surface area contributed by atoms with Crippen LogP contribution in [0.4, 0.5) is 0 Å². The van der Waals surface area contributed by atoms with Gasteiger partial charge in [0.25, 0.3) is 0 Å². The quantitative estimate of drug-likeness (QED) is 0.664. The summed E-state index contributed by atoms with van der Waals surface area (Å²) in [5, 5.41) is 1.28. The number of rotatable bonds is 1. The smallest absolute Gasteiger partial charge is 0.191 e. The molecule has 2 heterocycles. The highest BCUT2D eigenvalue weighted by atomic mass is 14.7. The molecule has 0 atom stereocenters. The lowest BCUT2D eigenvalue weighted by Crippen LogP contribution is -1.96. The van der Waals surface area contributed by atoms with Gasteiger partial charge in [-0.2, -0.15) is 0 Å². The molecule has 2 aromatic heterocycles. The van der Waals surface area contributed by atoms with Crippen LogP contribution >= 0.6 is 0 Å². The van der Waals surface area contributed by atoms with Crippen LogP contribution in [0.25, 0.3) is 10.9 Å². The minimum Gasteiger partial charge on any atom is -0.353 e. The lowest BCUT2D eigenvalue weighted by Gasteiger charge is -1.97. The zero-order valence-corrected chi connectivity index (χ0v) is 7.39. The van der Waals surface area contributed by atoms with Gasteiger partial charge < -0.3 is 4.98 Å². The first-order chi connectivity index (χ1) is 5.77. The number of fused-ring (bicyclic) bond motifs is 1. The lowest BCUT2D eigenvalue weighted by molar-refractivity contribution is -0.376. The van der Waals surface area contributed by atoms with Crippen LogP contribution in [-0.2, 0) is 0 Å². The van der Waals surface area contributed by atoms with Crippen LogP contribution in [-0.4, -0.2) is 4.98 Å². The monoisotopic (exact) mass is 161 g/mol. The Morgan fingerprint density at radius 1 is 1.42 bits per heavy atom. The fraction of sp³-hybridized carbons (Fsp3) is 0.300. The second-order valence-electron chi connectivity index (χ2n) is 3.39. The standard InChI is InChI=1S/C10H12N2/c1-7(2)9-5-8-3-4-11-6-10(8)12-9/h3-7,12H,1-2H3/p+1. The molecule has 0 saturated carbocycles. The van der Waals surface area contributed by atoms with E-state index in [0.717, 1.165) is 0 Å². The predicted octanol–water partition coefficient (Wildman–Crippen LogP) is 2.11. The molecule has 0 aliphatic rings. The van der Waals surface area contributed by atoms with E-state index in [2.05, 4.69) is 35.9 Å². The molecule has 2 nitrogen and oxygen atoms in total. The summed E-state index contributed by atoms with van der Waals surface area (Å²) in [6.45, 7) is 4.38. The van der Waals surface area contributed by atoms with Gasteiger partial charge in [-0.1, -0.05) is 13.8 Å². The summed E-state index contributed by atoms with van der Waals surface area (Å²) < 4.78 is 0. The van der Waals surface area contributed by atoms with E-state index in [9.17, 15) is 0 Å². The van der Waals surface area contributed by atoms with Gasteiger partial charge in [0.1, 0.15) is 5.52 Å². The first kappa shape index (κ1) is 7.35. The normalized spacial score (nSPS) is 11.2. The van der Waals surface area contributed by atoms with E-state index in [-0.39, 0.29) is 0 Å². The molecule has 62 valence electrons. The zero-order valence-electron chi connectivity index (χ0n) is 7.39. The molecule has 2 heteroatoms. The molecule has 0 saturated heterocycles. The number of pyridine rings is 1. The fourth-order valence-corrected chi connectivity index (χ4v) is 1.35. The van der Waals surface area contributed by atoms with Gasteiger partial charge in [0, 0.05) is 17.1 Å². The maximum absolute atomic E-state index is 3.36. The Labute approximate surface area is 71.6 Å². The number of nitrogens with one attached hydrogen (secondary N) is 2. The van der Waals surface area contributed by atoms with Crippen molar-refractivity contribution < 1.29 is 4.98 Å². The van der Waals surface area contributed by atoms with Crippen molar-refractivity contribution in [1.82, 2.24) is 4.98 Å². The van der Waals surface area contributed by atoms with E-state index in [0.29, 0.717) is 5.92 Å². The number of aromatic nitrogens is 2. The topological polar surface area (TPSA) is 29.9 Å². The van der Waals surface area contributed by atoms with Crippen molar-refractivity contribution >= 4 is 10.9 Å². The molecular formula is C10H13N2+. The third-order valence-corrected chi connectivity index (χ3v) is 2.11. The van der Waals surface area contributed by atoms with E-state index in [1.807, 2.05) is 12.4 Å². The molecule has 0 radical (unpaired) electrons. The summed E-state index contributed by atoms with van der Waals surface area (Å²) in [6.07, 6.45) is 3.93. The number of H-pyrrole nitrogens is 2. The molecule has 2 aromatic rings. The second-order valence-corrected chi connectivity index (χ2v) is 3.39. The Kier molecular flexibility index (Phi) is 1.61. The van der Waals surface area contributed by atoms with Gasteiger partial charge in [-0.05, 0) is 12.0 Å². The molecule has 0 amide bonds. The third kappa shape index (κ3) is 1.09. The van der Waals surface area contributed by atoms with Gasteiger partial charge >= 0.3 is 0 Å². The molecular weight excluding hydrogens is 148 g/mol. The molecule has 0 aliphatic heterocycles. The summed E-state index contributed by atoms with van der Waals surface area (Å²) >= 11 is 0. The Hall–Kier alpha value is -1.31. The van der Waals surface area contributed by atoms with Crippen molar-refractivity contribution in [2.45, 2.75) is 19.8 Å². The maximum atomic E-state index is 3.36. The Morgan fingerprint density at radius 2 is 2.25 bits per heavy atom. The number of aromatic amines is 2. The van der Waals surface area contributed by atoms with Crippen LogP contribution in [0.1, 0.15) is 25.5 Å².